The first-order chi connectivity index (χ1) is 13.1. The van der Waals surface area contributed by atoms with Crippen LogP contribution >= 0.6 is 0 Å². The number of amides is 1. The fraction of sp³-hybridized carbons (Fsp3) is 0.500. The largest absolute Gasteiger partial charge is 0.468 e. The van der Waals surface area contributed by atoms with Crippen LogP contribution in [0.1, 0.15) is 43.6 Å². The van der Waals surface area contributed by atoms with Crippen LogP contribution in [0.15, 0.2) is 53.1 Å². The highest BCUT2D eigenvalue weighted by Gasteiger charge is 2.26. The Kier molecular flexibility index (Phi) is 7.07. The van der Waals surface area contributed by atoms with Crippen LogP contribution in [-0.4, -0.2) is 43.7 Å². The average molecular weight is 370 g/mol. The van der Waals surface area contributed by atoms with E-state index in [4.69, 9.17) is 9.15 Å². The van der Waals surface area contributed by atoms with Gasteiger partial charge in [0, 0.05) is 26.1 Å². The van der Waals surface area contributed by atoms with Crippen molar-refractivity contribution >= 4 is 5.91 Å². The number of morpholine rings is 1. The number of benzene rings is 1. The third kappa shape index (κ3) is 5.44. The molecule has 2 unspecified atom stereocenters. The van der Waals surface area contributed by atoms with Crippen molar-refractivity contribution in [3.8, 4) is 0 Å². The van der Waals surface area contributed by atoms with Gasteiger partial charge in [0.05, 0.1) is 25.5 Å². The molecule has 1 aliphatic heterocycles. The molecule has 2 atom stereocenters. The number of carbonyl (C=O) groups is 1. The van der Waals surface area contributed by atoms with Gasteiger partial charge in [0.1, 0.15) is 5.76 Å². The van der Waals surface area contributed by atoms with Gasteiger partial charge in [0.2, 0.25) is 5.91 Å². The van der Waals surface area contributed by atoms with Crippen molar-refractivity contribution in [2.24, 2.45) is 5.92 Å². The van der Waals surface area contributed by atoms with Crippen LogP contribution < -0.4 is 5.32 Å². The van der Waals surface area contributed by atoms with Crippen molar-refractivity contribution in [3.05, 3.63) is 60.1 Å². The first-order valence-electron chi connectivity index (χ1n) is 9.82. The maximum atomic E-state index is 12.7. The lowest BCUT2D eigenvalue weighted by molar-refractivity contribution is -0.122. The number of furan rings is 1. The third-order valence-corrected chi connectivity index (χ3v) is 5.29. The van der Waals surface area contributed by atoms with Gasteiger partial charge < -0.3 is 14.5 Å². The Morgan fingerprint density at radius 2 is 1.85 bits per heavy atom. The molecule has 3 rings (SSSR count). The van der Waals surface area contributed by atoms with E-state index in [0.29, 0.717) is 32.1 Å². The Morgan fingerprint density at radius 3 is 2.48 bits per heavy atom. The maximum Gasteiger partial charge on any atom is 0.220 e. The predicted octanol–water partition coefficient (Wildman–Crippen LogP) is 3.60. The van der Waals surface area contributed by atoms with E-state index >= 15 is 0 Å². The molecular weight excluding hydrogens is 340 g/mol. The maximum absolute atomic E-state index is 12.7. The zero-order valence-corrected chi connectivity index (χ0v) is 16.3. The number of carbonyl (C=O) groups excluding carboxylic acids is 1. The third-order valence-electron chi connectivity index (χ3n) is 5.29. The molecule has 1 aromatic carbocycles. The molecule has 0 saturated carbocycles. The number of nitrogens with one attached hydrogen (secondary N) is 1. The minimum Gasteiger partial charge on any atom is -0.468 e. The van der Waals surface area contributed by atoms with Gasteiger partial charge in [-0.25, -0.2) is 0 Å². The molecule has 27 heavy (non-hydrogen) atoms. The fourth-order valence-electron chi connectivity index (χ4n) is 3.70. The van der Waals surface area contributed by atoms with Crippen molar-refractivity contribution in [2.45, 2.75) is 32.2 Å². The lowest BCUT2D eigenvalue weighted by Gasteiger charge is -2.33. The van der Waals surface area contributed by atoms with E-state index in [-0.39, 0.29) is 17.9 Å². The molecule has 2 heterocycles. The summed E-state index contributed by atoms with van der Waals surface area (Å²) in [5.74, 6) is 1.60. The average Bonchev–Trinajstić information content (AvgIpc) is 3.22. The minimum atomic E-state index is 0.0436. The topological polar surface area (TPSA) is 54.7 Å². The second-order valence-corrected chi connectivity index (χ2v) is 7.45. The molecule has 1 aromatic heterocycles. The van der Waals surface area contributed by atoms with Gasteiger partial charge in [0.25, 0.3) is 0 Å². The molecule has 5 heteroatoms. The van der Waals surface area contributed by atoms with E-state index in [1.807, 2.05) is 30.3 Å². The number of rotatable bonds is 8. The summed E-state index contributed by atoms with van der Waals surface area (Å²) in [7, 11) is 0. The molecule has 1 saturated heterocycles. The molecule has 0 spiro atoms. The standard InChI is InChI=1S/C22H30N2O3/c1-17(2)19(18-7-4-3-5-8-18)15-22(25)23-16-20(21-9-6-12-27-21)24-10-13-26-14-11-24/h3-9,12,17,19-20H,10-11,13-16H2,1-2H3,(H,23,25). The first kappa shape index (κ1) is 19.6. The summed E-state index contributed by atoms with van der Waals surface area (Å²) >= 11 is 0. The zero-order chi connectivity index (χ0) is 19.1. The first-order valence-corrected chi connectivity index (χ1v) is 9.82. The molecule has 0 aliphatic carbocycles. The summed E-state index contributed by atoms with van der Waals surface area (Å²) in [4.78, 5) is 15.0. The molecule has 0 radical (unpaired) electrons. The Balaban J connectivity index is 1.61. The van der Waals surface area contributed by atoms with Crippen LogP contribution in [0.25, 0.3) is 0 Å². The van der Waals surface area contributed by atoms with Crippen molar-refractivity contribution in [1.29, 1.82) is 0 Å². The lowest BCUT2D eigenvalue weighted by atomic mass is 9.85. The number of nitrogens with zero attached hydrogens (tertiary/aromatic N) is 1. The van der Waals surface area contributed by atoms with Crippen molar-refractivity contribution in [1.82, 2.24) is 10.2 Å². The normalized spacial score (nSPS) is 17.6. The van der Waals surface area contributed by atoms with E-state index in [9.17, 15) is 4.79 Å². The summed E-state index contributed by atoms with van der Waals surface area (Å²) < 4.78 is 11.1. The Morgan fingerprint density at radius 1 is 1.11 bits per heavy atom. The smallest absolute Gasteiger partial charge is 0.220 e. The van der Waals surface area contributed by atoms with Crippen LogP contribution in [0.4, 0.5) is 0 Å². The minimum absolute atomic E-state index is 0.0436. The lowest BCUT2D eigenvalue weighted by Crippen LogP contribution is -2.43. The summed E-state index contributed by atoms with van der Waals surface area (Å²) in [6, 6.07) is 14.2. The van der Waals surface area contributed by atoms with Gasteiger partial charge in [0.15, 0.2) is 0 Å². The van der Waals surface area contributed by atoms with Crippen LogP contribution in [-0.2, 0) is 9.53 Å². The van der Waals surface area contributed by atoms with Gasteiger partial charge in [-0.05, 0) is 29.5 Å². The second-order valence-electron chi connectivity index (χ2n) is 7.45. The van der Waals surface area contributed by atoms with Gasteiger partial charge in [-0.3, -0.25) is 9.69 Å². The second kappa shape index (κ2) is 9.72. The van der Waals surface area contributed by atoms with Gasteiger partial charge in [-0.1, -0.05) is 44.2 Å². The molecule has 0 bridgehead atoms. The number of hydrogen-bond acceptors (Lipinski definition) is 4. The van der Waals surface area contributed by atoms with Gasteiger partial charge in [-0.15, -0.1) is 0 Å². The summed E-state index contributed by atoms with van der Waals surface area (Å²) in [6.45, 7) is 8.02. The van der Waals surface area contributed by atoms with Crippen molar-refractivity contribution in [3.63, 3.8) is 0 Å². The van der Waals surface area contributed by atoms with E-state index < -0.39 is 0 Å². The highest BCUT2D eigenvalue weighted by molar-refractivity contribution is 5.77. The number of ether oxygens (including phenoxy) is 1. The monoisotopic (exact) mass is 370 g/mol. The predicted molar refractivity (Wildman–Crippen MR) is 105 cm³/mol. The Bertz CT molecular complexity index is 679. The molecular formula is C22H30N2O3. The molecule has 2 aromatic rings. The van der Waals surface area contributed by atoms with Crippen LogP contribution in [0.2, 0.25) is 0 Å². The quantitative estimate of drug-likeness (QED) is 0.771. The van der Waals surface area contributed by atoms with Crippen molar-refractivity contribution < 1.29 is 13.9 Å². The van der Waals surface area contributed by atoms with E-state index in [1.165, 1.54) is 5.56 Å². The van der Waals surface area contributed by atoms with Gasteiger partial charge in [-0.2, -0.15) is 0 Å². The highest BCUT2D eigenvalue weighted by atomic mass is 16.5. The summed E-state index contributed by atoms with van der Waals surface area (Å²) in [6.07, 6.45) is 2.18. The molecule has 1 N–H and O–H groups in total. The SMILES string of the molecule is CC(C)C(CC(=O)NCC(c1ccco1)N1CCOCC1)c1ccccc1. The Labute approximate surface area is 161 Å². The fourth-order valence-corrected chi connectivity index (χ4v) is 3.70. The van der Waals surface area contributed by atoms with E-state index in [0.717, 1.165) is 18.8 Å². The van der Waals surface area contributed by atoms with E-state index in [2.05, 4.69) is 36.2 Å². The Hall–Kier alpha value is -2.11. The van der Waals surface area contributed by atoms with Gasteiger partial charge >= 0.3 is 0 Å². The van der Waals surface area contributed by atoms with E-state index in [1.54, 1.807) is 6.26 Å². The summed E-state index contributed by atoms with van der Waals surface area (Å²) in [5.41, 5.74) is 1.22. The number of hydrogen-bond donors (Lipinski definition) is 1. The molecule has 146 valence electrons. The van der Waals surface area contributed by atoms with Crippen LogP contribution in [0.3, 0.4) is 0 Å². The zero-order valence-electron chi connectivity index (χ0n) is 16.3. The molecule has 1 fully saturated rings. The summed E-state index contributed by atoms with van der Waals surface area (Å²) in [5, 5.41) is 3.14. The van der Waals surface area contributed by atoms with Crippen LogP contribution in [0.5, 0.6) is 0 Å². The highest BCUT2D eigenvalue weighted by Crippen LogP contribution is 2.28. The molecule has 1 aliphatic rings. The van der Waals surface area contributed by atoms with Crippen LogP contribution in [0, 0.1) is 5.92 Å². The van der Waals surface area contributed by atoms with Crippen molar-refractivity contribution in [2.75, 3.05) is 32.8 Å². The molecule has 1 amide bonds. The molecule has 5 nitrogen and oxygen atoms in total.